The first-order valence-corrected chi connectivity index (χ1v) is 8.85. The summed E-state index contributed by atoms with van der Waals surface area (Å²) in [6.07, 6.45) is 5.82. The Bertz CT molecular complexity index is 866. The molecule has 26 heavy (non-hydrogen) atoms. The Hall–Kier alpha value is -2.73. The Labute approximate surface area is 152 Å². The first kappa shape index (κ1) is 16.7. The molecule has 4 rings (SSSR count). The van der Waals surface area contributed by atoms with Crippen LogP contribution in [0.25, 0.3) is 11.1 Å². The number of nitrogens with zero attached hydrogens (tertiary/aromatic N) is 5. The van der Waals surface area contributed by atoms with Crippen LogP contribution in [0.2, 0.25) is 0 Å². The van der Waals surface area contributed by atoms with Crippen molar-refractivity contribution in [2.75, 3.05) is 31.1 Å². The molecule has 0 bridgehead atoms. The lowest BCUT2D eigenvalue weighted by Crippen LogP contribution is -2.46. The molecule has 2 aromatic heterocycles. The molecular weight excluding hydrogens is 329 g/mol. The summed E-state index contributed by atoms with van der Waals surface area (Å²) in [5.74, 6) is 0.753. The molecule has 1 aliphatic heterocycles. The minimum Gasteiger partial charge on any atom is -0.354 e. The molecule has 3 aromatic rings. The van der Waals surface area contributed by atoms with Crippen molar-refractivity contribution >= 4 is 5.82 Å². The topological polar surface area (TPSA) is 37.2 Å². The van der Waals surface area contributed by atoms with Gasteiger partial charge in [-0.25, -0.2) is 9.37 Å². The molecule has 0 spiro atoms. The monoisotopic (exact) mass is 351 g/mol. The van der Waals surface area contributed by atoms with E-state index in [1.807, 2.05) is 42.3 Å². The Morgan fingerprint density at radius 2 is 1.81 bits per heavy atom. The summed E-state index contributed by atoms with van der Waals surface area (Å²) in [4.78, 5) is 9.37. The number of anilines is 1. The third-order valence-corrected chi connectivity index (χ3v) is 4.78. The molecule has 1 aromatic carbocycles. The molecule has 0 saturated carbocycles. The average molecular weight is 351 g/mol. The minimum absolute atomic E-state index is 0.219. The number of benzene rings is 1. The molecule has 6 heteroatoms. The molecule has 1 aliphatic rings. The molecule has 1 fully saturated rings. The Morgan fingerprint density at radius 3 is 2.50 bits per heavy atom. The highest BCUT2D eigenvalue weighted by atomic mass is 19.1. The van der Waals surface area contributed by atoms with Crippen molar-refractivity contribution in [2.24, 2.45) is 7.05 Å². The van der Waals surface area contributed by atoms with Crippen LogP contribution in [0, 0.1) is 5.82 Å². The highest BCUT2D eigenvalue weighted by Gasteiger charge is 2.21. The van der Waals surface area contributed by atoms with E-state index < -0.39 is 0 Å². The van der Waals surface area contributed by atoms with Gasteiger partial charge in [-0.15, -0.1) is 0 Å². The van der Waals surface area contributed by atoms with Gasteiger partial charge in [-0.2, -0.15) is 5.10 Å². The molecule has 0 N–H and O–H groups in total. The normalized spacial score (nSPS) is 15.4. The Balaban J connectivity index is 1.47. The second kappa shape index (κ2) is 7.25. The second-order valence-electron chi connectivity index (χ2n) is 6.67. The lowest BCUT2D eigenvalue weighted by molar-refractivity contribution is 0.249. The molecule has 0 unspecified atom stereocenters. The van der Waals surface area contributed by atoms with Gasteiger partial charge < -0.3 is 4.90 Å². The van der Waals surface area contributed by atoms with Crippen LogP contribution in [-0.4, -0.2) is 45.8 Å². The predicted octanol–water partition coefficient (Wildman–Crippen LogP) is 2.94. The Morgan fingerprint density at radius 1 is 1.04 bits per heavy atom. The number of piperazine rings is 1. The van der Waals surface area contributed by atoms with E-state index >= 15 is 0 Å². The fraction of sp³-hybridized carbons (Fsp3) is 0.300. The number of halogens is 1. The lowest BCUT2D eigenvalue weighted by atomic mass is 10.1. The van der Waals surface area contributed by atoms with Gasteiger partial charge in [-0.1, -0.05) is 12.1 Å². The molecular formula is C20H22FN5. The van der Waals surface area contributed by atoms with Crippen LogP contribution in [0.1, 0.15) is 5.56 Å². The zero-order valence-corrected chi connectivity index (χ0v) is 14.8. The minimum atomic E-state index is -0.219. The van der Waals surface area contributed by atoms with Gasteiger partial charge in [0.05, 0.1) is 6.20 Å². The maximum atomic E-state index is 13.2. The summed E-state index contributed by atoms with van der Waals surface area (Å²) < 4.78 is 15.1. The number of aromatic nitrogens is 3. The van der Waals surface area contributed by atoms with Gasteiger partial charge in [0, 0.05) is 63.3 Å². The third kappa shape index (κ3) is 3.60. The number of aryl methyl sites for hydroxylation is 1. The van der Waals surface area contributed by atoms with Crippen LogP contribution >= 0.6 is 0 Å². The van der Waals surface area contributed by atoms with Gasteiger partial charge in [-0.3, -0.25) is 9.58 Å². The van der Waals surface area contributed by atoms with Gasteiger partial charge in [0.2, 0.25) is 0 Å². The highest BCUT2D eigenvalue weighted by molar-refractivity contribution is 5.75. The van der Waals surface area contributed by atoms with Crippen molar-refractivity contribution in [3.05, 3.63) is 66.4 Å². The number of rotatable bonds is 4. The largest absolute Gasteiger partial charge is 0.354 e. The maximum absolute atomic E-state index is 13.2. The van der Waals surface area contributed by atoms with E-state index in [1.165, 1.54) is 17.7 Å². The van der Waals surface area contributed by atoms with Gasteiger partial charge in [0.1, 0.15) is 11.6 Å². The van der Waals surface area contributed by atoms with Crippen molar-refractivity contribution in [1.29, 1.82) is 0 Å². The number of hydrogen-bond acceptors (Lipinski definition) is 4. The zero-order valence-electron chi connectivity index (χ0n) is 14.8. The molecule has 0 radical (unpaired) electrons. The number of pyridine rings is 1. The quantitative estimate of drug-likeness (QED) is 0.724. The third-order valence-electron chi connectivity index (χ3n) is 4.78. The van der Waals surface area contributed by atoms with E-state index in [0.717, 1.165) is 49.7 Å². The van der Waals surface area contributed by atoms with Gasteiger partial charge >= 0.3 is 0 Å². The van der Waals surface area contributed by atoms with E-state index in [9.17, 15) is 4.39 Å². The first-order chi connectivity index (χ1) is 12.7. The van der Waals surface area contributed by atoms with Crippen LogP contribution in [0.15, 0.2) is 55.0 Å². The van der Waals surface area contributed by atoms with Crippen molar-refractivity contribution in [3.8, 4) is 11.1 Å². The second-order valence-corrected chi connectivity index (χ2v) is 6.67. The average Bonchev–Trinajstić information content (AvgIpc) is 3.08. The summed E-state index contributed by atoms with van der Waals surface area (Å²) in [5, 5.41) is 4.24. The fourth-order valence-corrected chi connectivity index (χ4v) is 3.43. The fourth-order valence-electron chi connectivity index (χ4n) is 3.43. The molecule has 0 aliphatic carbocycles. The SMILES string of the molecule is Cn1cc(CN2CCN(c3ncccc3-c3ccc(F)cc3)CC2)cn1. The predicted molar refractivity (Wildman–Crippen MR) is 100 cm³/mol. The summed E-state index contributed by atoms with van der Waals surface area (Å²) in [7, 11) is 1.94. The van der Waals surface area contributed by atoms with Crippen LogP contribution < -0.4 is 4.90 Å². The van der Waals surface area contributed by atoms with Crippen LogP contribution in [-0.2, 0) is 13.6 Å². The molecule has 3 heterocycles. The molecule has 134 valence electrons. The van der Waals surface area contributed by atoms with Gasteiger partial charge in [-0.05, 0) is 29.8 Å². The summed E-state index contributed by atoms with van der Waals surface area (Å²) in [6, 6.07) is 10.6. The first-order valence-electron chi connectivity index (χ1n) is 8.85. The summed E-state index contributed by atoms with van der Waals surface area (Å²) >= 11 is 0. The van der Waals surface area contributed by atoms with E-state index in [-0.39, 0.29) is 5.82 Å². The molecule has 0 atom stereocenters. The molecule has 1 saturated heterocycles. The smallest absolute Gasteiger partial charge is 0.136 e. The summed E-state index contributed by atoms with van der Waals surface area (Å²) in [5.41, 5.74) is 3.28. The van der Waals surface area contributed by atoms with Crippen LogP contribution in [0.4, 0.5) is 10.2 Å². The van der Waals surface area contributed by atoms with Crippen molar-refractivity contribution in [3.63, 3.8) is 0 Å². The van der Waals surface area contributed by atoms with E-state index in [0.29, 0.717) is 0 Å². The molecule has 0 amide bonds. The number of hydrogen-bond donors (Lipinski definition) is 0. The molecule has 5 nitrogen and oxygen atoms in total. The summed E-state index contributed by atoms with van der Waals surface area (Å²) in [6.45, 7) is 4.73. The van der Waals surface area contributed by atoms with Crippen molar-refractivity contribution in [2.45, 2.75) is 6.54 Å². The van der Waals surface area contributed by atoms with Crippen molar-refractivity contribution < 1.29 is 4.39 Å². The van der Waals surface area contributed by atoms with Crippen LogP contribution in [0.5, 0.6) is 0 Å². The zero-order chi connectivity index (χ0) is 17.9. The standard InChI is InChI=1S/C20H22FN5/c1-24-14-16(13-23-24)15-25-9-11-26(12-10-25)20-19(3-2-8-22-20)17-4-6-18(21)7-5-17/h2-8,13-14H,9-12,15H2,1H3. The van der Waals surface area contributed by atoms with E-state index in [1.54, 1.807) is 0 Å². The van der Waals surface area contributed by atoms with E-state index in [4.69, 9.17) is 0 Å². The van der Waals surface area contributed by atoms with Crippen molar-refractivity contribution in [1.82, 2.24) is 19.7 Å². The lowest BCUT2D eigenvalue weighted by Gasteiger charge is -2.36. The van der Waals surface area contributed by atoms with Crippen LogP contribution in [0.3, 0.4) is 0 Å². The van der Waals surface area contributed by atoms with E-state index in [2.05, 4.69) is 32.1 Å². The maximum Gasteiger partial charge on any atom is 0.136 e. The van der Waals surface area contributed by atoms with Gasteiger partial charge in [0.15, 0.2) is 0 Å². The van der Waals surface area contributed by atoms with Gasteiger partial charge in [0.25, 0.3) is 0 Å². The Kier molecular flexibility index (Phi) is 4.67. The highest BCUT2D eigenvalue weighted by Crippen LogP contribution is 2.29.